The van der Waals surface area contributed by atoms with Crippen molar-refractivity contribution in [1.82, 2.24) is 5.32 Å². The van der Waals surface area contributed by atoms with Crippen LogP contribution in [-0.4, -0.2) is 87.7 Å². The van der Waals surface area contributed by atoms with Crippen molar-refractivity contribution >= 4 is 11.6 Å². The standard InChI is InChI=1S/C30H34N2O10/c1-3-15-18(40-2)10-19(41-30-29(39)28(38)26(36)20(12-33)42-30)24-23(15)25(35)16-8-14(9-17(34)22(16)27(24)37)5-4-13-6-7-21(31)32-11-13/h6-11,20-21,26,28-30,32-34,36,38-39H,3-5,12,31H2,1-2H3/t20-,21?,26-,28+,29-,30-/m1/s1. The highest BCUT2D eigenvalue weighted by atomic mass is 16.7. The summed E-state index contributed by atoms with van der Waals surface area (Å²) in [6.07, 6.45) is -1.29. The molecule has 2 aliphatic heterocycles. The van der Waals surface area contributed by atoms with Crippen LogP contribution in [0.15, 0.2) is 42.1 Å². The van der Waals surface area contributed by atoms with Gasteiger partial charge in [-0.05, 0) is 48.6 Å². The van der Waals surface area contributed by atoms with Gasteiger partial charge in [-0.2, -0.15) is 0 Å². The lowest BCUT2D eigenvalue weighted by Gasteiger charge is -2.40. The van der Waals surface area contributed by atoms with Crippen molar-refractivity contribution in [2.24, 2.45) is 5.73 Å². The number of rotatable bonds is 8. The molecule has 1 saturated heterocycles. The number of phenols is 1. The van der Waals surface area contributed by atoms with E-state index < -0.39 is 48.9 Å². The summed E-state index contributed by atoms with van der Waals surface area (Å²) in [5, 5.41) is 54.5. The zero-order valence-electron chi connectivity index (χ0n) is 23.1. The maximum absolute atomic E-state index is 14.0. The molecule has 2 heterocycles. The van der Waals surface area contributed by atoms with Crippen LogP contribution in [0.3, 0.4) is 0 Å². The van der Waals surface area contributed by atoms with Gasteiger partial charge in [0.2, 0.25) is 12.1 Å². The fourth-order valence-corrected chi connectivity index (χ4v) is 5.55. The van der Waals surface area contributed by atoms with E-state index in [-0.39, 0.29) is 45.7 Å². The Kier molecular flexibility index (Phi) is 8.37. The number of fused-ring (bicyclic) bond motifs is 2. The van der Waals surface area contributed by atoms with Crippen LogP contribution in [0.5, 0.6) is 17.2 Å². The van der Waals surface area contributed by atoms with Crippen LogP contribution in [-0.2, 0) is 17.6 Å². The molecule has 224 valence electrons. The van der Waals surface area contributed by atoms with E-state index in [1.807, 2.05) is 18.4 Å². The maximum atomic E-state index is 14.0. The summed E-state index contributed by atoms with van der Waals surface area (Å²) in [5.74, 6) is -1.53. The predicted octanol–water partition coefficient (Wildman–Crippen LogP) is 0.178. The number of aromatic hydroxyl groups is 1. The van der Waals surface area contributed by atoms with Gasteiger partial charge < -0.3 is 50.8 Å². The van der Waals surface area contributed by atoms with Crippen LogP contribution in [0.2, 0.25) is 0 Å². The lowest BCUT2D eigenvalue weighted by atomic mass is 9.79. The van der Waals surface area contributed by atoms with Gasteiger partial charge in [-0.15, -0.1) is 0 Å². The molecular weight excluding hydrogens is 548 g/mol. The number of ketones is 2. The number of phenolic OH excluding ortho intramolecular Hbond substituents is 1. The second kappa shape index (κ2) is 11.8. The summed E-state index contributed by atoms with van der Waals surface area (Å²) in [4.78, 5) is 28.0. The molecule has 0 aromatic heterocycles. The summed E-state index contributed by atoms with van der Waals surface area (Å²) in [5.41, 5.74) is 7.59. The fraction of sp³-hybridized carbons (Fsp3) is 0.400. The summed E-state index contributed by atoms with van der Waals surface area (Å²) in [7, 11) is 1.39. The zero-order valence-corrected chi connectivity index (χ0v) is 23.1. The molecule has 42 heavy (non-hydrogen) atoms. The van der Waals surface area contributed by atoms with E-state index >= 15 is 0 Å². The Morgan fingerprint density at radius 2 is 1.74 bits per heavy atom. The minimum atomic E-state index is -1.76. The molecule has 0 bridgehead atoms. The summed E-state index contributed by atoms with van der Waals surface area (Å²) >= 11 is 0. The van der Waals surface area contributed by atoms with E-state index in [9.17, 15) is 35.1 Å². The lowest BCUT2D eigenvalue weighted by molar-refractivity contribution is -0.277. The normalized spacial score (nSPS) is 26.7. The number of aryl methyl sites for hydroxylation is 1. The summed E-state index contributed by atoms with van der Waals surface area (Å²) in [6, 6.07) is 4.41. The number of allylic oxidation sites excluding steroid dienone is 2. The SMILES string of the molecule is CCc1c(OC)cc(O[C@@H]2O[C@H](CO)[C@@H](O)[C@H](O)[C@H]2O)c2c1C(=O)c1cc(CCC3=CNC(N)C=C3)cc(O)c1C2=O. The van der Waals surface area contributed by atoms with Crippen molar-refractivity contribution in [3.05, 3.63) is 75.5 Å². The molecule has 5 rings (SSSR count). The molecule has 0 radical (unpaired) electrons. The van der Waals surface area contributed by atoms with Gasteiger partial charge >= 0.3 is 0 Å². The van der Waals surface area contributed by atoms with Gasteiger partial charge in [0.15, 0.2) is 5.78 Å². The first kappa shape index (κ1) is 29.7. The average molecular weight is 583 g/mol. The van der Waals surface area contributed by atoms with Crippen molar-refractivity contribution in [3.8, 4) is 17.2 Å². The minimum Gasteiger partial charge on any atom is -0.507 e. The number of carbonyl (C=O) groups is 2. The number of aliphatic hydroxyl groups excluding tert-OH is 4. The quantitative estimate of drug-likeness (QED) is 0.190. The molecule has 6 atom stereocenters. The Morgan fingerprint density at radius 3 is 2.38 bits per heavy atom. The molecule has 1 fully saturated rings. The maximum Gasteiger partial charge on any atom is 0.229 e. The summed E-state index contributed by atoms with van der Waals surface area (Å²) in [6.45, 7) is 1.11. The molecule has 0 saturated carbocycles. The largest absolute Gasteiger partial charge is 0.507 e. The molecule has 12 nitrogen and oxygen atoms in total. The van der Waals surface area contributed by atoms with Crippen molar-refractivity contribution in [2.75, 3.05) is 13.7 Å². The second-order valence-electron chi connectivity index (χ2n) is 10.4. The molecule has 1 unspecified atom stereocenters. The van der Waals surface area contributed by atoms with Crippen LogP contribution in [0, 0.1) is 0 Å². The Bertz CT molecular complexity index is 1470. The van der Waals surface area contributed by atoms with Crippen LogP contribution in [0.25, 0.3) is 0 Å². The van der Waals surface area contributed by atoms with E-state index in [1.165, 1.54) is 19.2 Å². The monoisotopic (exact) mass is 582 g/mol. The minimum absolute atomic E-state index is 0.0293. The summed E-state index contributed by atoms with van der Waals surface area (Å²) < 4.78 is 16.8. The third kappa shape index (κ3) is 5.17. The highest BCUT2D eigenvalue weighted by Crippen LogP contribution is 2.43. The Hall–Kier alpha value is -3.78. The topological polar surface area (TPSA) is 201 Å². The van der Waals surface area contributed by atoms with Crippen molar-refractivity contribution in [2.45, 2.75) is 63.1 Å². The molecule has 8 N–H and O–H groups in total. The van der Waals surface area contributed by atoms with Crippen molar-refractivity contribution in [1.29, 1.82) is 0 Å². The highest BCUT2D eigenvalue weighted by Gasteiger charge is 2.46. The number of ether oxygens (including phenoxy) is 3. The smallest absolute Gasteiger partial charge is 0.229 e. The first-order chi connectivity index (χ1) is 20.1. The van der Waals surface area contributed by atoms with E-state index in [4.69, 9.17) is 19.9 Å². The van der Waals surface area contributed by atoms with Crippen LogP contribution < -0.4 is 20.5 Å². The molecule has 2 aromatic carbocycles. The number of dihydropyridines is 1. The molecule has 0 spiro atoms. The number of nitrogens with one attached hydrogen (secondary N) is 1. The van der Waals surface area contributed by atoms with Crippen LogP contribution >= 0.6 is 0 Å². The van der Waals surface area contributed by atoms with E-state index in [1.54, 1.807) is 13.0 Å². The zero-order chi connectivity index (χ0) is 30.3. The first-order valence-electron chi connectivity index (χ1n) is 13.6. The molecular formula is C30H34N2O10. The number of aliphatic hydroxyl groups is 4. The van der Waals surface area contributed by atoms with Gasteiger partial charge in [0.1, 0.15) is 41.7 Å². The third-order valence-corrected chi connectivity index (χ3v) is 7.81. The number of benzene rings is 2. The molecule has 0 amide bonds. The Balaban J connectivity index is 1.55. The Morgan fingerprint density at radius 1 is 0.976 bits per heavy atom. The molecule has 1 aliphatic carbocycles. The van der Waals surface area contributed by atoms with E-state index in [0.29, 0.717) is 30.4 Å². The number of hydrogen-bond donors (Lipinski definition) is 7. The number of carbonyl (C=O) groups excluding carboxylic acids is 2. The number of nitrogens with two attached hydrogens (primary N) is 1. The van der Waals surface area contributed by atoms with Gasteiger partial charge in [-0.1, -0.05) is 13.0 Å². The number of methoxy groups -OCH3 is 1. The molecule has 2 aromatic rings. The van der Waals surface area contributed by atoms with Gasteiger partial charge in [0.05, 0.1) is 31.0 Å². The van der Waals surface area contributed by atoms with Gasteiger partial charge in [0, 0.05) is 29.0 Å². The van der Waals surface area contributed by atoms with Gasteiger partial charge in [-0.3, -0.25) is 9.59 Å². The van der Waals surface area contributed by atoms with Crippen LogP contribution in [0.4, 0.5) is 0 Å². The highest BCUT2D eigenvalue weighted by molar-refractivity contribution is 6.31. The van der Waals surface area contributed by atoms with Gasteiger partial charge in [-0.25, -0.2) is 0 Å². The third-order valence-electron chi connectivity index (χ3n) is 7.81. The fourth-order valence-electron chi connectivity index (χ4n) is 5.55. The van der Waals surface area contributed by atoms with Crippen molar-refractivity contribution in [3.63, 3.8) is 0 Å². The molecule has 3 aliphatic rings. The van der Waals surface area contributed by atoms with Crippen molar-refractivity contribution < 1.29 is 49.3 Å². The second-order valence-corrected chi connectivity index (χ2v) is 10.4. The van der Waals surface area contributed by atoms with Crippen LogP contribution in [0.1, 0.15) is 56.3 Å². The van der Waals surface area contributed by atoms with Gasteiger partial charge in [0.25, 0.3) is 0 Å². The Labute approximate surface area is 241 Å². The lowest BCUT2D eigenvalue weighted by Crippen LogP contribution is -2.60. The van der Waals surface area contributed by atoms with E-state index in [2.05, 4.69) is 5.32 Å². The molecule has 12 heteroatoms. The number of hydrogen-bond acceptors (Lipinski definition) is 12. The predicted molar refractivity (Wildman–Crippen MR) is 148 cm³/mol. The van der Waals surface area contributed by atoms with E-state index in [0.717, 1.165) is 5.57 Å². The average Bonchev–Trinajstić information content (AvgIpc) is 2.98. The first-order valence-corrected chi connectivity index (χ1v) is 13.6.